The highest BCUT2D eigenvalue weighted by atomic mass is 16.5. The molecule has 2 amide bonds. The number of hydrogen-bond acceptors (Lipinski definition) is 3. The number of nitrogens with one attached hydrogen (secondary N) is 1. The summed E-state index contributed by atoms with van der Waals surface area (Å²) in [5.74, 6) is 0.878. The summed E-state index contributed by atoms with van der Waals surface area (Å²) in [5, 5.41) is 2.92. The second-order valence-electron chi connectivity index (χ2n) is 5.27. The number of nitrogens with zero attached hydrogens (tertiary/aromatic N) is 2. The Hall–Kier alpha value is -1.75. The molecule has 1 aliphatic rings. The lowest BCUT2D eigenvalue weighted by Gasteiger charge is -2.33. The maximum atomic E-state index is 12.0. The van der Waals surface area contributed by atoms with Crippen LogP contribution in [0.4, 0.5) is 4.79 Å². The predicted molar refractivity (Wildman–Crippen MR) is 83.8 cm³/mol. The molecule has 0 aromatic heterocycles. The van der Waals surface area contributed by atoms with Gasteiger partial charge in [-0.25, -0.2) is 4.79 Å². The van der Waals surface area contributed by atoms with Crippen molar-refractivity contribution in [2.45, 2.75) is 13.8 Å². The molecule has 1 aromatic rings. The molecule has 0 atom stereocenters. The molecule has 0 bridgehead atoms. The van der Waals surface area contributed by atoms with Gasteiger partial charge in [-0.3, -0.25) is 0 Å². The van der Waals surface area contributed by atoms with Crippen LogP contribution < -0.4 is 10.1 Å². The zero-order valence-corrected chi connectivity index (χ0v) is 13.0. The number of hydrogen-bond donors (Lipinski definition) is 1. The van der Waals surface area contributed by atoms with Crippen LogP contribution in [0.3, 0.4) is 0 Å². The molecule has 1 heterocycles. The van der Waals surface area contributed by atoms with Gasteiger partial charge in [-0.15, -0.1) is 0 Å². The SMILES string of the molecule is CCN1CCN(C(=O)NCCOc2ccccc2C)CC1. The van der Waals surface area contributed by atoms with Crippen molar-refractivity contribution in [1.82, 2.24) is 15.1 Å². The highest BCUT2D eigenvalue weighted by Crippen LogP contribution is 2.15. The number of amides is 2. The fourth-order valence-electron chi connectivity index (χ4n) is 2.42. The highest BCUT2D eigenvalue weighted by Gasteiger charge is 2.19. The maximum absolute atomic E-state index is 12.0. The van der Waals surface area contributed by atoms with Crippen LogP contribution in [0.5, 0.6) is 5.75 Å². The molecular formula is C16H25N3O2. The molecule has 0 aliphatic carbocycles. The van der Waals surface area contributed by atoms with E-state index >= 15 is 0 Å². The molecule has 5 heteroatoms. The summed E-state index contributed by atoms with van der Waals surface area (Å²) in [6.07, 6.45) is 0. The van der Waals surface area contributed by atoms with Gasteiger partial charge in [0.05, 0.1) is 6.54 Å². The minimum absolute atomic E-state index is 0.0131. The van der Waals surface area contributed by atoms with Crippen LogP contribution in [-0.4, -0.2) is 61.7 Å². The van der Waals surface area contributed by atoms with Crippen LogP contribution in [0.2, 0.25) is 0 Å². The summed E-state index contributed by atoms with van der Waals surface area (Å²) in [5.41, 5.74) is 1.11. The molecular weight excluding hydrogens is 266 g/mol. The minimum Gasteiger partial charge on any atom is -0.491 e. The molecule has 1 aliphatic heterocycles. The quantitative estimate of drug-likeness (QED) is 0.840. The summed E-state index contributed by atoms with van der Waals surface area (Å²) in [6, 6.07) is 7.91. The van der Waals surface area contributed by atoms with Crippen molar-refractivity contribution in [1.29, 1.82) is 0 Å². The van der Waals surface area contributed by atoms with Gasteiger partial charge in [0, 0.05) is 26.2 Å². The van der Waals surface area contributed by atoms with E-state index < -0.39 is 0 Å². The largest absolute Gasteiger partial charge is 0.491 e. The second-order valence-corrected chi connectivity index (χ2v) is 5.27. The Morgan fingerprint density at radius 2 is 1.95 bits per heavy atom. The van der Waals surface area contributed by atoms with Crippen LogP contribution in [0.15, 0.2) is 24.3 Å². The van der Waals surface area contributed by atoms with Gasteiger partial charge in [-0.2, -0.15) is 0 Å². The van der Waals surface area contributed by atoms with E-state index in [1.54, 1.807) is 0 Å². The van der Waals surface area contributed by atoms with E-state index in [0.29, 0.717) is 13.2 Å². The van der Waals surface area contributed by atoms with Gasteiger partial charge >= 0.3 is 6.03 Å². The first-order chi connectivity index (χ1) is 10.2. The highest BCUT2D eigenvalue weighted by molar-refractivity contribution is 5.74. The normalized spacial score (nSPS) is 15.8. The minimum atomic E-state index is 0.0131. The van der Waals surface area contributed by atoms with Crippen molar-refractivity contribution < 1.29 is 9.53 Å². The Morgan fingerprint density at radius 1 is 1.24 bits per heavy atom. The summed E-state index contributed by atoms with van der Waals surface area (Å²) < 4.78 is 5.67. The molecule has 1 aromatic carbocycles. The average molecular weight is 291 g/mol. The Bertz CT molecular complexity index is 457. The van der Waals surface area contributed by atoms with E-state index in [1.807, 2.05) is 36.1 Å². The van der Waals surface area contributed by atoms with Gasteiger partial charge in [-0.05, 0) is 25.1 Å². The van der Waals surface area contributed by atoms with Crippen molar-refractivity contribution in [3.8, 4) is 5.75 Å². The lowest BCUT2D eigenvalue weighted by molar-refractivity contribution is 0.142. The Labute approximate surface area is 126 Å². The third-order valence-electron chi connectivity index (χ3n) is 3.84. The number of aryl methyl sites for hydroxylation is 1. The number of carbonyl (C=O) groups is 1. The van der Waals surface area contributed by atoms with Gasteiger partial charge in [0.2, 0.25) is 0 Å². The smallest absolute Gasteiger partial charge is 0.317 e. The molecule has 1 saturated heterocycles. The van der Waals surface area contributed by atoms with E-state index in [9.17, 15) is 4.79 Å². The third-order valence-corrected chi connectivity index (χ3v) is 3.84. The lowest BCUT2D eigenvalue weighted by atomic mass is 10.2. The third kappa shape index (κ3) is 4.63. The molecule has 1 fully saturated rings. The zero-order valence-electron chi connectivity index (χ0n) is 13.0. The fourth-order valence-corrected chi connectivity index (χ4v) is 2.42. The van der Waals surface area contributed by atoms with Crippen molar-refractivity contribution >= 4 is 6.03 Å². The van der Waals surface area contributed by atoms with Gasteiger partial charge < -0.3 is 19.9 Å². The van der Waals surface area contributed by atoms with Crippen molar-refractivity contribution in [3.05, 3.63) is 29.8 Å². The molecule has 5 nitrogen and oxygen atoms in total. The summed E-state index contributed by atoms with van der Waals surface area (Å²) in [4.78, 5) is 16.2. The molecule has 1 N–H and O–H groups in total. The fraction of sp³-hybridized carbons (Fsp3) is 0.562. The van der Waals surface area contributed by atoms with Crippen LogP contribution in [0, 0.1) is 6.92 Å². The van der Waals surface area contributed by atoms with Crippen LogP contribution in [0.25, 0.3) is 0 Å². The molecule has 0 unspecified atom stereocenters. The first-order valence-corrected chi connectivity index (χ1v) is 7.64. The van der Waals surface area contributed by atoms with Crippen LogP contribution in [-0.2, 0) is 0 Å². The van der Waals surface area contributed by atoms with E-state index in [-0.39, 0.29) is 6.03 Å². The van der Waals surface area contributed by atoms with Crippen molar-refractivity contribution in [2.24, 2.45) is 0 Å². The number of ether oxygens (including phenoxy) is 1. The Morgan fingerprint density at radius 3 is 2.62 bits per heavy atom. The predicted octanol–water partition coefficient (Wildman–Crippen LogP) is 1.72. The number of urea groups is 1. The van der Waals surface area contributed by atoms with Gasteiger partial charge in [0.25, 0.3) is 0 Å². The van der Waals surface area contributed by atoms with Gasteiger partial charge in [-0.1, -0.05) is 25.1 Å². The Kier molecular flexibility index (Phi) is 5.87. The molecule has 2 rings (SSSR count). The molecule has 21 heavy (non-hydrogen) atoms. The van der Waals surface area contributed by atoms with Gasteiger partial charge in [0.1, 0.15) is 12.4 Å². The lowest BCUT2D eigenvalue weighted by Crippen LogP contribution is -2.52. The number of benzene rings is 1. The molecule has 116 valence electrons. The number of piperazine rings is 1. The van der Waals surface area contributed by atoms with Gasteiger partial charge in [0.15, 0.2) is 0 Å². The Balaban J connectivity index is 1.65. The number of para-hydroxylation sites is 1. The molecule has 0 radical (unpaired) electrons. The van der Waals surface area contributed by atoms with Crippen LogP contribution in [0.1, 0.15) is 12.5 Å². The van der Waals surface area contributed by atoms with Crippen molar-refractivity contribution in [2.75, 3.05) is 45.9 Å². The first kappa shape index (κ1) is 15.6. The number of rotatable bonds is 5. The summed E-state index contributed by atoms with van der Waals surface area (Å²) >= 11 is 0. The molecule has 0 saturated carbocycles. The van der Waals surface area contributed by atoms with E-state index in [2.05, 4.69) is 17.1 Å². The standard InChI is InChI=1S/C16H25N3O2/c1-3-18-9-11-19(12-10-18)16(20)17-8-13-21-15-7-5-4-6-14(15)2/h4-7H,3,8-13H2,1-2H3,(H,17,20). The maximum Gasteiger partial charge on any atom is 0.317 e. The number of carbonyl (C=O) groups excluding carboxylic acids is 1. The molecule has 0 spiro atoms. The topological polar surface area (TPSA) is 44.8 Å². The van der Waals surface area contributed by atoms with Crippen LogP contribution >= 0.6 is 0 Å². The van der Waals surface area contributed by atoms with E-state index in [0.717, 1.165) is 44.0 Å². The first-order valence-electron chi connectivity index (χ1n) is 7.64. The van der Waals surface area contributed by atoms with E-state index in [1.165, 1.54) is 0 Å². The second kappa shape index (κ2) is 7.88. The monoisotopic (exact) mass is 291 g/mol. The summed E-state index contributed by atoms with van der Waals surface area (Å²) in [7, 11) is 0. The number of likely N-dealkylation sites (N-methyl/N-ethyl adjacent to an activating group) is 1. The summed E-state index contributed by atoms with van der Waals surface area (Å²) in [6.45, 7) is 9.77. The average Bonchev–Trinajstić information content (AvgIpc) is 2.53. The van der Waals surface area contributed by atoms with Crippen molar-refractivity contribution in [3.63, 3.8) is 0 Å². The van der Waals surface area contributed by atoms with E-state index in [4.69, 9.17) is 4.74 Å². The zero-order chi connectivity index (χ0) is 15.1.